The summed E-state index contributed by atoms with van der Waals surface area (Å²) in [5.74, 6) is -0.0426. The van der Waals surface area contributed by atoms with Gasteiger partial charge in [0.05, 0.1) is 6.04 Å². The van der Waals surface area contributed by atoms with Crippen molar-refractivity contribution < 1.29 is 4.79 Å². The fourth-order valence-corrected chi connectivity index (χ4v) is 2.99. The highest BCUT2D eigenvalue weighted by molar-refractivity contribution is 9.10. The molecule has 2 aromatic rings. The molecule has 2 aromatic carbocycles. The molecule has 1 aliphatic heterocycles. The van der Waals surface area contributed by atoms with Crippen molar-refractivity contribution >= 4 is 27.5 Å². The second-order valence-corrected chi connectivity index (χ2v) is 6.21. The van der Waals surface area contributed by atoms with Crippen molar-refractivity contribution in [2.24, 2.45) is 0 Å². The van der Waals surface area contributed by atoms with Crippen LogP contribution in [0.15, 0.2) is 46.9 Å². The van der Waals surface area contributed by atoms with Crippen LogP contribution < -0.4 is 10.6 Å². The van der Waals surface area contributed by atoms with E-state index in [0.29, 0.717) is 5.56 Å². The van der Waals surface area contributed by atoms with E-state index in [2.05, 4.69) is 26.6 Å². The van der Waals surface area contributed by atoms with E-state index >= 15 is 0 Å². The van der Waals surface area contributed by atoms with E-state index in [4.69, 9.17) is 0 Å². The standard InChI is InChI=1S/C17H17BrN2O/c1-11(13-3-2-4-15(18)9-13)20-17(21)14-6-5-12-7-8-19-16(12)10-14/h2-6,9-11,19H,7-8H2,1H3,(H,20,21)/t11-/m0/s1. The summed E-state index contributed by atoms with van der Waals surface area (Å²) in [4.78, 5) is 12.4. The van der Waals surface area contributed by atoms with Crippen LogP contribution in [0, 0.1) is 0 Å². The Bertz CT molecular complexity index is 684. The molecule has 0 unspecified atom stereocenters. The maximum absolute atomic E-state index is 12.4. The highest BCUT2D eigenvalue weighted by atomic mass is 79.9. The third-order valence-electron chi connectivity index (χ3n) is 3.78. The van der Waals surface area contributed by atoms with Crippen LogP contribution >= 0.6 is 15.9 Å². The molecule has 1 aliphatic rings. The number of fused-ring (bicyclic) bond motifs is 1. The highest BCUT2D eigenvalue weighted by Crippen LogP contribution is 2.24. The van der Waals surface area contributed by atoms with Gasteiger partial charge in [-0.25, -0.2) is 0 Å². The van der Waals surface area contributed by atoms with E-state index in [0.717, 1.165) is 28.7 Å². The molecule has 0 saturated heterocycles. The number of benzene rings is 2. The van der Waals surface area contributed by atoms with Crippen molar-refractivity contribution in [3.8, 4) is 0 Å². The van der Waals surface area contributed by atoms with Crippen LogP contribution in [0.2, 0.25) is 0 Å². The Morgan fingerprint density at radius 1 is 1.29 bits per heavy atom. The van der Waals surface area contributed by atoms with Crippen molar-refractivity contribution in [2.45, 2.75) is 19.4 Å². The number of hydrogen-bond acceptors (Lipinski definition) is 2. The van der Waals surface area contributed by atoms with Gasteiger partial charge in [-0.05, 0) is 48.7 Å². The quantitative estimate of drug-likeness (QED) is 0.886. The number of anilines is 1. The average molecular weight is 345 g/mol. The fourth-order valence-electron chi connectivity index (χ4n) is 2.57. The molecular formula is C17H17BrN2O. The normalized spacial score (nSPS) is 14.2. The van der Waals surface area contributed by atoms with Gasteiger partial charge in [-0.2, -0.15) is 0 Å². The van der Waals surface area contributed by atoms with Crippen LogP contribution in [0.25, 0.3) is 0 Å². The van der Waals surface area contributed by atoms with Gasteiger partial charge >= 0.3 is 0 Å². The summed E-state index contributed by atoms with van der Waals surface area (Å²) < 4.78 is 1.02. The van der Waals surface area contributed by atoms with Crippen LogP contribution in [0.1, 0.15) is 34.5 Å². The summed E-state index contributed by atoms with van der Waals surface area (Å²) in [5, 5.41) is 6.34. The molecule has 3 nitrogen and oxygen atoms in total. The van der Waals surface area contributed by atoms with E-state index in [1.54, 1.807) is 0 Å². The first kappa shape index (κ1) is 14.1. The molecule has 108 valence electrons. The molecule has 0 spiro atoms. The van der Waals surface area contributed by atoms with E-state index in [1.807, 2.05) is 49.4 Å². The van der Waals surface area contributed by atoms with Gasteiger partial charge in [-0.1, -0.05) is 34.1 Å². The Labute approximate surface area is 132 Å². The Morgan fingerprint density at radius 3 is 2.95 bits per heavy atom. The molecule has 0 saturated carbocycles. The topological polar surface area (TPSA) is 41.1 Å². The molecule has 0 radical (unpaired) electrons. The van der Waals surface area contributed by atoms with Gasteiger partial charge in [0.2, 0.25) is 0 Å². The maximum Gasteiger partial charge on any atom is 0.251 e. The smallest absolute Gasteiger partial charge is 0.251 e. The Hall–Kier alpha value is -1.81. The molecule has 1 atom stereocenters. The number of amides is 1. The zero-order valence-corrected chi connectivity index (χ0v) is 13.4. The largest absolute Gasteiger partial charge is 0.384 e. The SMILES string of the molecule is C[C@H](NC(=O)c1ccc2c(c1)NCC2)c1cccc(Br)c1. The molecule has 0 aliphatic carbocycles. The summed E-state index contributed by atoms with van der Waals surface area (Å²) in [6.07, 6.45) is 1.03. The lowest BCUT2D eigenvalue weighted by Gasteiger charge is -2.15. The zero-order valence-electron chi connectivity index (χ0n) is 11.8. The molecule has 1 amide bonds. The lowest BCUT2D eigenvalue weighted by Crippen LogP contribution is -2.26. The third-order valence-corrected chi connectivity index (χ3v) is 4.27. The van der Waals surface area contributed by atoms with Gasteiger partial charge in [-0.15, -0.1) is 0 Å². The summed E-state index contributed by atoms with van der Waals surface area (Å²) in [6.45, 7) is 2.94. The van der Waals surface area contributed by atoms with E-state index in [1.165, 1.54) is 5.56 Å². The minimum Gasteiger partial charge on any atom is -0.384 e. The number of nitrogens with one attached hydrogen (secondary N) is 2. The molecule has 0 bridgehead atoms. The van der Waals surface area contributed by atoms with Crippen molar-refractivity contribution in [1.29, 1.82) is 0 Å². The van der Waals surface area contributed by atoms with Crippen LogP contribution in [-0.2, 0) is 6.42 Å². The number of carbonyl (C=O) groups is 1. The summed E-state index contributed by atoms with van der Waals surface area (Å²) >= 11 is 3.45. The van der Waals surface area contributed by atoms with Crippen LogP contribution in [0.4, 0.5) is 5.69 Å². The van der Waals surface area contributed by atoms with Crippen molar-refractivity contribution in [2.75, 3.05) is 11.9 Å². The second-order valence-electron chi connectivity index (χ2n) is 5.30. The lowest BCUT2D eigenvalue weighted by atomic mass is 10.1. The van der Waals surface area contributed by atoms with Gasteiger partial charge in [0, 0.05) is 22.3 Å². The molecular weight excluding hydrogens is 328 g/mol. The zero-order chi connectivity index (χ0) is 14.8. The first-order valence-corrected chi connectivity index (χ1v) is 7.86. The van der Waals surface area contributed by atoms with Crippen LogP contribution in [0.5, 0.6) is 0 Å². The fraction of sp³-hybridized carbons (Fsp3) is 0.235. The van der Waals surface area contributed by atoms with Gasteiger partial charge in [0.15, 0.2) is 0 Å². The molecule has 2 N–H and O–H groups in total. The monoisotopic (exact) mass is 344 g/mol. The van der Waals surface area contributed by atoms with Crippen LogP contribution in [0.3, 0.4) is 0 Å². The first-order chi connectivity index (χ1) is 10.1. The maximum atomic E-state index is 12.4. The number of rotatable bonds is 3. The molecule has 1 heterocycles. The molecule has 4 heteroatoms. The van der Waals surface area contributed by atoms with E-state index in [9.17, 15) is 4.79 Å². The Kier molecular flexibility index (Phi) is 3.97. The number of hydrogen-bond donors (Lipinski definition) is 2. The second kappa shape index (κ2) is 5.90. The van der Waals surface area contributed by atoms with Gasteiger partial charge in [0.1, 0.15) is 0 Å². The average Bonchev–Trinajstić information content (AvgIpc) is 2.94. The van der Waals surface area contributed by atoms with Crippen LogP contribution in [-0.4, -0.2) is 12.5 Å². The minimum absolute atomic E-state index is 0.0313. The number of carbonyl (C=O) groups excluding carboxylic acids is 1. The minimum atomic E-state index is -0.0426. The van der Waals surface area contributed by atoms with E-state index in [-0.39, 0.29) is 11.9 Å². The third kappa shape index (κ3) is 3.10. The van der Waals surface area contributed by atoms with Gasteiger partial charge in [-0.3, -0.25) is 4.79 Å². The molecule has 0 fully saturated rings. The first-order valence-electron chi connectivity index (χ1n) is 7.06. The van der Waals surface area contributed by atoms with Gasteiger partial charge in [0.25, 0.3) is 5.91 Å². The van der Waals surface area contributed by atoms with Crippen molar-refractivity contribution in [1.82, 2.24) is 5.32 Å². The van der Waals surface area contributed by atoms with Gasteiger partial charge < -0.3 is 10.6 Å². The Morgan fingerprint density at radius 2 is 2.14 bits per heavy atom. The molecule has 3 rings (SSSR count). The lowest BCUT2D eigenvalue weighted by molar-refractivity contribution is 0.0940. The highest BCUT2D eigenvalue weighted by Gasteiger charge is 2.15. The molecule has 21 heavy (non-hydrogen) atoms. The van der Waals surface area contributed by atoms with Crippen molar-refractivity contribution in [3.05, 3.63) is 63.6 Å². The predicted molar refractivity (Wildman–Crippen MR) is 88.7 cm³/mol. The summed E-state index contributed by atoms with van der Waals surface area (Å²) in [7, 11) is 0. The summed E-state index contributed by atoms with van der Waals surface area (Å²) in [5.41, 5.74) is 4.14. The van der Waals surface area contributed by atoms with Crippen molar-refractivity contribution in [3.63, 3.8) is 0 Å². The molecule has 0 aromatic heterocycles. The Balaban J connectivity index is 1.74. The number of halogens is 1. The predicted octanol–water partition coefficient (Wildman–Crippen LogP) is 3.91. The summed E-state index contributed by atoms with van der Waals surface area (Å²) in [6, 6.07) is 13.8. The van der Waals surface area contributed by atoms with E-state index < -0.39 is 0 Å².